The summed E-state index contributed by atoms with van der Waals surface area (Å²) in [7, 11) is 0. The Kier molecular flexibility index (Phi) is 14.4. The Morgan fingerprint density at radius 3 is 2.44 bits per heavy atom. The minimum Gasteiger partial charge on any atom is -0.466 e. The first-order valence-electron chi connectivity index (χ1n) is 14.3. The molecule has 0 bridgehead atoms. The number of carbonyl (C=O) groups excluding carboxylic acids is 4. The van der Waals surface area contributed by atoms with Gasteiger partial charge in [-0.15, -0.1) is 6.42 Å². The molecule has 1 aromatic rings. The van der Waals surface area contributed by atoms with Crippen molar-refractivity contribution in [3.63, 3.8) is 0 Å². The predicted molar refractivity (Wildman–Crippen MR) is 158 cm³/mol. The minimum absolute atomic E-state index is 0.0314. The van der Waals surface area contributed by atoms with Crippen LogP contribution in [0.5, 0.6) is 0 Å². The fraction of sp³-hybridized carbons (Fsp3) is 0.548. The van der Waals surface area contributed by atoms with E-state index in [1.54, 1.807) is 6.92 Å². The van der Waals surface area contributed by atoms with Gasteiger partial charge >= 0.3 is 24.0 Å². The molecule has 1 saturated carbocycles. The number of amides is 1. The molecule has 12 nitrogen and oxygen atoms in total. The number of hydrogen-bond donors (Lipinski definition) is 3. The van der Waals surface area contributed by atoms with Crippen molar-refractivity contribution in [1.29, 1.82) is 0 Å². The Bertz CT molecular complexity index is 1150. The Morgan fingerprint density at radius 1 is 1.14 bits per heavy atom. The van der Waals surface area contributed by atoms with Gasteiger partial charge in [-0.3, -0.25) is 14.4 Å². The van der Waals surface area contributed by atoms with Gasteiger partial charge in [0, 0.05) is 12.2 Å². The lowest BCUT2D eigenvalue weighted by Gasteiger charge is -2.35. The zero-order valence-electron chi connectivity index (χ0n) is 25.2. The number of rotatable bonds is 15. The van der Waals surface area contributed by atoms with E-state index in [1.165, 1.54) is 11.2 Å². The SMILES string of the molecule is C#CCOC(=O)CC(CC(=O)OC/C(N)=C/N(N)CC(OC(=O)NC1CCCC(C)(C)C1)c1ccccc1)C(=O)OCC. The van der Waals surface area contributed by atoms with Crippen molar-refractivity contribution < 1.29 is 38.1 Å². The summed E-state index contributed by atoms with van der Waals surface area (Å²) < 4.78 is 20.7. The van der Waals surface area contributed by atoms with Crippen molar-refractivity contribution in [3.05, 3.63) is 47.8 Å². The monoisotopic (exact) mass is 600 g/mol. The molecule has 5 N–H and O–H groups in total. The summed E-state index contributed by atoms with van der Waals surface area (Å²) >= 11 is 0. The Morgan fingerprint density at radius 2 is 1.81 bits per heavy atom. The zero-order valence-corrected chi connectivity index (χ0v) is 25.2. The summed E-state index contributed by atoms with van der Waals surface area (Å²) in [4.78, 5) is 49.4. The number of nitrogens with two attached hydrogens (primary N) is 2. The Hall–Kier alpha value is -4.24. The van der Waals surface area contributed by atoms with E-state index in [2.05, 4.69) is 25.1 Å². The highest BCUT2D eigenvalue weighted by molar-refractivity contribution is 5.84. The Labute approximate surface area is 253 Å². The smallest absolute Gasteiger partial charge is 0.408 e. The van der Waals surface area contributed by atoms with Crippen LogP contribution < -0.4 is 16.9 Å². The fourth-order valence-corrected chi connectivity index (χ4v) is 4.83. The average Bonchev–Trinajstić information content (AvgIpc) is 2.94. The van der Waals surface area contributed by atoms with E-state index in [1.807, 2.05) is 30.3 Å². The number of hydrazine groups is 1. The first-order chi connectivity index (χ1) is 20.4. The van der Waals surface area contributed by atoms with Crippen molar-refractivity contribution in [2.24, 2.45) is 22.9 Å². The molecule has 3 unspecified atom stereocenters. The van der Waals surface area contributed by atoms with E-state index in [4.69, 9.17) is 36.9 Å². The number of nitrogens with zero attached hydrogens (tertiary/aromatic N) is 1. The normalized spacial score (nSPS) is 17.4. The highest BCUT2D eigenvalue weighted by Gasteiger charge is 2.30. The zero-order chi connectivity index (χ0) is 31.8. The van der Waals surface area contributed by atoms with Crippen molar-refractivity contribution >= 4 is 24.0 Å². The maximum Gasteiger partial charge on any atom is 0.408 e. The second-order valence-corrected chi connectivity index (χ2v) is 11.2. The summed E-state index contributed by atoms with van der Waals surface area (Å²) in [6.07, 6.45) is 8.27. The number of terminal acetylenes is 1. The number of benzene rings is 1. The number of alkyl carbamates (subject to hydrolysis) is 1. The summed E-state index contributed by atoms with van der Waals surface area (Å²) in [5.74, 6) is 4.94. The van der Waals surface area contributed by atoms with E-state index >= 15 is 0 Å². The average molecular weight is 601 g/mol. The van der Waals surface area contributed by atoms with Crippen LogP contribution in [0.3, 0.4) is 0 Å². The molecule has 1 aromatic carbocycles. The lowest BCUT2D eigenvalue weighted by Crippen LogP contribution is -2.42. The fourth-order valence-electron chi connectivity index (χ4n) is 4.83. The maximum atomic E-state index is 12.8. The van der Waals surface area contributed by atoms with Crippen LogP contribution in [0, 0.1) is 23.7 Å². The van der Waals surface area contributed by atoms with Crippen LogP contribution >= 0.6 is 0 Å². The largest absolute Gasteiger partial charge is 0.466 e. The van der Waals surface area contributed by atoms with Gasteiger partial charge in [0.1, 0.15) is 12.7 Å². The van der Waals surface area contributed by atoms with Gasteiger partial charge in [0.25, 0.3) is 0 Å². The van der Waals surface area contributed by atoms with Crippen molar-refractivity contribution in [2.45, 2.75) is 71.4 Å². The molecule has 0 aliphatic heterocycles. The van der Waals surface area contributed by atoms with Crippen LogP contribution in [0.25, 0.3) is 0 Å². The number of carbonyl (C=O) groups is 4. The van der Waals surface area contributed by atoms with Crippen LogP contribution in [0.4, 0.5) is 4.79 Å². The van der Waals surface area contributed by atoms with Gasteiger partial charge in [-0.2, -0.15) is 0 Å². The quantitative estimate of drug-likeness (QED) is 0.0888. The molecule has 2 rings (SSSR count). The first-order valence-corrected chi connectivity index (χ1v) is 14.3. The summed E-state index contributed by atoms with van der Waals surface area (Å²) in [6.45, 7) is 5.53. The van der Waals surface area contributed by atoms with Crippen LogP contribution in [0.15, 0.2) is 42.2 Å². The molecule has 0 saturated heterocycles. The molecule has 1 aliphatic rings. The van der Waals surface area contributed by atoms with Crippen molar-refractivity contribution in [3.8, 4) is 12.3 Å². The number of nitrogens with one attached hydrogen (secondary N) is 1. The van der Waals surface area contributed by atoms with Gasteiger partial charge < -0.3 is 35.0 Å². The molecule has 236 valence electrons. The van der Waals surface area contributed by atoms with Crippen molar-refractivity contribution in [2.75, 3.05) is 26.4 Å². The van der Waals surface area contributed by atoms with E-state index in [-0.39, 0.29) is 43.5 Å². The van der Waals surface area contributed by atoms with Gasteiger partial charge in [-0.25, -0.2) is 10.6 Å². The lowest BCUT2D eigenvalue weighted by molar-refractivity contribution is -0.158. The van der Waals surface area contributed by atoms with Gasteiger partial charge in [-0.1, -0.05) is 56.5 Å². The second kappa shape index (κ2) is 17.7. The lowest BCUT2D eigenvalue weighted by atomic mass is 9.75. The van der Waals surface area contributed by atoms with E-state index in [0.29, 0.717) is 0 Å². The van der Waals surface area contributed by atoms with Crippen molar-refractivity contribution in [1.82, 2.24) is 10.3 Å². The number of ether oxygens (including phenoxy) is 4. The third-order valence-electron chi connectivity index (χ3n) is 6.82. The van der Waals surface area contributed by atoms with E-state index in [9.17, 15) is 19.2 Å². The molecular weight excluding hydrogens is 556 g/mol. The van der Waals surface area contributed by atoms with Crippen LogP contribution in [-0.4, -0.2) is 61.4 Å². The molecule has 0 heterocycles. The van der Waals surface area contributed by atoms with Gasteiger partial charge in [-0.05, 0) is 37.2 Å². The molecule has 1 fully saturated rings. The standard InChI is InChI=1S/C31H44N4O8/c1-5-15-41-27(36)16-23(29(38)40-6-2)17-28(37)42-21-24(32)19-35(33)20-26(22-11-8-7-9-12-22)43-30(39)34-25-13-10-14-31(3,4)18-25/h1,7-9,11-12,19,23,25-26H,6,10,13-18,20-21,32-33H2,2-4H3,(H,34,39)/b24-19-. The van der Waals surface area contributed by atoms with Gasteiger partial charge in [0.05, 0.1) is 37.6 Å². The predicted octanol–water partition coefficient (Wildman–Crippen LogP) is 3.08. The molecule has 3 atom stereocenters. The van der Waals surface area contributed by atoms with Crippen LogP contribution in [0.1, 0.15) is 71.0 Å². The van der Waals surface area contributed by atoms with E-state index in [0.717, 1.165) is 31.2 Å². The third kappa shape index (κ3) is 13.5. The molecular formula is C31H44N4O8. The summed E-state index contributed by atoms with van der Waals surface area (Å²) in [5, 5.41) is 4.22. The van der Waals surface area contributed by atoms with Gasteiger partial charge in [0.15, 0.2) is 6.61 Å². The minimum atomic E-state index is -1.11. The highest BCUT2D eigenvalue weighted by Crippen LogP contribution is 2.35. The Balaban J connectivity index is 1.96. The van der Waals surface area contributed by atoms with Gasteiger partial charge in [0.2, 0.25) is 0 Å². The first kappa shape index (κ1) is 35.0. The molecule has 0 radical (unpaired) electrons. The summed E-state index contributed by atoms with van der Waals surface area (Å²) in [5.41, 5.74) is 7.01. The molecule has 0 spiro atoms. The number of esters is 3. The molecule has 1 amide bonds. The van der Waals surface area contributed by atoms with Crippen LogP contribution in [-0.2, 0) is 33.3 Å². The highest BCUT2D eigenvalue weighted by atomic mass is 16.6. The van der Waals surface area contributed by atoms with Crippen LogP contribution in [0.2, 0.25) is 0 Å². The second-order valence-electron chi connectivity index (χ2n) is 11.2. The maximum absolute atomic E-state index is 12.8. The number of hydrogen-bond acceptors (Lipinski definition) is 11. The topological polar surface area (TPSA) is 173 Å². The third-order valence-corrected chi connectivity index (χ3v) is 6.82. The van der Waals surface area contributed by atoms with E-state index < -0.39 is 48.9 Å². The summed E-state index contributed by atoms with van der Waals surface area (Å²) in [6, 6.07) is 9.19. The molecule has 1 aliphatic carbocycles. The molecule has 12 heteroatoms. The molecule has 43 heavy (non-hydrogen) atoms. The molecule has 0 aromatic heterocycles.